The highest BCUT2D eigenvalue weighted by atomic mass is 35.5. The van der Waals surface area contributed by atoms with Crippen molar-refractivity contribution in [2.24, 2.45) is 0 Å². The van der Waals surface area contributed by atoms with Gasteiger partial charge in [-0.05, 0) is 25.8 Å². The molecule has 0 aliphatic heterocycles. The molecule has 0 aliphatic carbocycles. The Morgan fingerprint density at radius 2 is 2.20 bits per heavy atom. The van der Waals surface area contributed by atoms with Crippen molar-refractivity contribution in [3.8, 4) is 0 Å². The van der Waals surface area contributed by atoms with E-state index in [0.717, 1.165) is 19.4 Å². The van der Waals surface area contributed by atoms with Gasteiger partial charge in [0.25, 0.3) is 5.91 Å². The Balaban J connectivity index is 2.53. The molecule has 5 nitrogen and oxygen atoms in total. The number of rotatable bonds is 9. The van der Waals surface area contributed by atoms with Crippen LogP contribution in [-0.4, -0.2) is 37.2 Å². The largest absolute Gasteiger partial charge is 0.382 e. The molecule has 0 fully saturated rings. The summed E-state index contributed by atoms with van der Waals surface area (Å²) in [4.78, 5) is 16.2. The van der Waals surface area contributed by atoms with Gasteiger partial charge in [-0.1, -0.05) is 18.5 Å². The molecule has 20 heavy (non-hydrogen) atoms. The average Bonchev–Trinajstić information content (AvgIpc) is 2.46. The molecule has 1 aromatic heterocycles. The third-order valence-electron chi connectivity index (χ3n) is 2.61. The van der Waals surface area contributed by atoms with Crippen molar-refractivity contribution in [1.82, 2.24) is 10.3 Å². The SMILES string of the molecule is CCCNc1cc(C(=O)NCCCOCC)c(Cl)cn1. The van der Waals surface area contributed by atoms with Crippen LogP contribution in [0.15, 0.2) is 12.3 Å². The highest BCUT2D eigenvalue weighted by Gasteiger charge is 2.11. The summed E-state index contributed by atoms with van der Waals surface area (Å²) >= 11 is 6.01. The summed E-state index contributed by atoms with van der Waals surface area (Å²) in [5.74, 6) is 0.476. The third kappa shape index (κ3) is 5.75. The summed E-state index contributed by atoms with van der Waals surface area (Å²) < 4.78 is 5.21. The number of hydrogen-bond donors (Lipinski definition) is 2. The van der Waals surface area contributed by atoms with E-state index in [1.54, 1.807) is 6.07 Å². The maximum atomic E-state index is 12.0. The van der Waals surface area contributed by atoms with Gasteiger partial charge in [-0.2, -0.15) is 0 Å². The maximum absolute atomic E-state index is 12.0. The smallest absolute Gasteiger partial charge is 0.252 e. The van der Waals surface area contributed by atoms with E-state index in [2.05, 4.69) is 22.5 Å². The molecule has 0 bridgehead atoms. The number of pyridine rings is 1. The molecule has 0 aromatic carbocycles. The molecule has 0 saturated carbocycles. The van der Waals surface area contributed by atoms with E-state index >= 15 is 0 Å². The summed E-state index contributed by atoms with van der Waals surface area (Å²) in [6.07, 6.45) is 3.27. The zero-order valence-corrected chi connectivity index (χ0v) is 12.8. The first-order chi connectivity index (χ1) is 9.69. The minimum Gasteiger partial charge on any atom is -0.382 e. The molecule has 1 amide bonds. The van der Waals surface area contributed by atoms with E-state index in [0.29, 0.717) is 36.2 Å². The number of aromatic nitrogens is 1. The highest BCUT2D eigenvalue weighted by molar-refractivity contribution is 6.33. The van der Waals surface area contributed by atoms with Crippen molar-refractivity contribution in [3.05, 3.63) is 22.8 Å². The number of anilines is 1. The molecule has 1 aromatic rings. The average molecular weight is 300 g/mol. The maximum Gasteiger partial charge on any atom is 0.252 e. The quantitative estimate of drug-likeness (QED) is 0.688. The van der Waals surface area contributed by atoms with Crippen LogP contribution in [0.3, 0.4) is 0 Å². The van der Waals surface area contributed by atoms with Crippen LogP contribution in [0, 0.1) is 0 Å². The molecule has 112 valence electrons. The van der Waals surface area contributed by atoms with Crippen LogP contribution in [0.5, 0.6) is 0 Å². The second kappa shape index (κ2) is 9.55. The predicted octanol–water partition coefficient (Wildman–Crippen LogP) is 2.71. The second-order valence-electron chi connectivity index (χ2n) is 4.28. The zero-order chi connectivity index (χ0) is 14.8. The van der Waals surface area contributed by atoms with E-state index in [1.165, 1.54) is 6.20 Å². The van der Waals surface area contributed by atoms with E-state index in [1.807, 2.05) is 6.92 Å². The minimum absolute atomic E-state index is 0.187. The van der Waals surface area contributed by atoms with Crippen LogP contribution in [0.2, 0.25) is 5.02 Å². The van der Waals surface area contributed by atoms with E-state index < -0.39 is 0 Å². The number of carbonyl (C=O) groups is 1. The van der Waals surface area contributed by atoms with E-state index in [9.17, 15) is 4.79 Å². The molecular weight excluding hydrogens is 278 g/mol. The van der Waals surface area contributed by atoms with Crippen molar-refractivity contribution in [3.63, 3.8) is 0 Å². The summed E-state index contributed by atoms with van der Waals surface area (Å²) in [7, 11) is 0. The van der Waals surface area contributed by atoms with Crippen molar-refractivity contribution in [1.29, 1.82) is 0 Å². The van der Waals surface area contributed by atoms with Gasteiger partial charge in [0.2, 0.25) is 0 Å². The molecule has 0 saturated heterocycles. The number of carbonyl (C=O) groups excluding carboxylic acids is 1. The van der Waals surface area contributed by atoms with E-state index in [-0.39, 0.29) is 5.91 Å². The molecule has 0 aliphatic rings. The van der Waals surface area contributed by atoms with Gasteiger partial charge < -0.3 is 15.4 Å². The molecule has 1 heterocycles. The van der Waals surface area contributed by atoms with Crippen LogP contribution in [-0.2, 0) is 4.74 Å². The van der Waals surface area contributed by atoms with Gasteiger partial charge >= 0.3 is 0 Å². The fourth-order valence-electron chi connectivity index (χ4n) is 1.58. The Morgan fingerprint density at radius 3 is 2.90 bits per heavy atom. The monoisotopic (exact) mass is 299 g/mol. The van der Waals surface area contributed by atoms with E-state index in [4.69, 9.17) is 16.3 Å². The van der Waals surface area contributed by atoms with Crippen molar-refractivity contribution in [2.75, 3.05) is 31.6 Å². The fraction of sp³-hybridized carbons (Fsp3) is 0.571. The highest BCUT2D eigenvalue weighted by Crippen LogP contribution is 2.17. The zero-order valence-electron chi connectivity index (χ0n) is 12.0. The van der Waals surface area contributed by atoms with Crippen LogP contribution >= 0.6 is 11.6 Å². The fourth-order valence-corrected chi connectivity index (χ4v) is 1.77. The molecule has 0 spiro atoms. The summed E-state index contributed by atoms with van der Waals surface area (Å²) in [5, 5.41) is 6.31. The number of amides is 1. The summed E-state index contributed by atoms with van der Waals surface area (Å²) in [6, 6.07) is 1.68. The van der Waals surface area contributed by atoms with Gasteiger partial charge in [0.05, 0.1) is 10.6 Å². The van der Waals surface area contributed by atoms with Gasteiger partial charge in [-0.15, -0.1) is 0 Å². The standard InChI is InChI=1S/C14H22ClN3O2/c1-3-6-16-13-9-11(12(15)10-18-13)14(19)17-7-5-8-20-4-2/h9-10H,3-8H2,1-2H3,(H,16,18)(H,17,19). The van der Waals surface area contributed by atoms with Crippen LogP contribution in [0.25, 0.3) is 0 Å². The normalized spacial score (nSPS) is 10.3. The Labute approximate surface area is 125 Å². The minimum atomic E-state index is -0.187. The second-order valence-corrected chi connectivity index (χ2v) is 4.69. The molecule has 2 N–H and O–H groups in total. The van der Waals surface area contributed by atoms with Crippen molar-refractivity contribution >= 4 is 23.3 Å². The molecule has 0 radical (unpaired) electrons. The number of halogens is 1. The first-order valence-corrected chi connectivity index (χ1v) is 7.32. The topological polar surface area (TPSA) is 63.2 Å². The van der Waals surface area contributed by atoms with Crippen LogP contribution < -0.4 is 10.6 Å². The number of ether oxygens (including phenoxy) is 1. The van der Waals surface area contributed by atoms with Gasteiger partial charge in [0.15, 0.2) is 0 Å². The van der Waals surface area contributed by atoms with Gasteiger partial charge in [0, 0.05) is 32.5 Å². The summed E-state index contributed by atoms with van der Waals surface area (Å²) in [6.45, 7) is 6.72. The number of hydrogen-bond acceptors (Lipinski definition) is 4. The third-order valence-corrected chi connectivity index (χ3v) is 2.91. The van der Waals surface area contributed by atoms with Crippen molar-refractivity contribution in [2.45, 2.75) is 26.7 Å². The number of nitrogens with one attached hydrogen (secondary N) is 2. The lowest BCUT2D eigenvalue weighted by Gasteiger charge is -2.09. The molecule has 1 rings (SSSR count). The first kappa shape index (κ1) is 16.7. The molecule has 0 unspecified atom stereocenters. The Bertz CT molecular complexity index is 427. The van der Waals surface area contributed by atoms with Gasteiger partial charge in [0.1, 0.15) is 5.82 Å². The number of nitrogens with zero attached hydrogens (tertiary/aromatic N) is 1. The lowest BCUT2D eigenvalue weighted by atomic mass is 10.2. The van der Waals surface area contributed by atoms with Gasteiger partial charge in [-0.25, -0.2) is 4.98 Å². The van der Waals surface area contributed by atoms with Crippen molar-refractivity contribution < 1.29 is 9.53 Å². The molecular formula is C14H22ClN3O2. The Kier molecular flexibility index (Phi) is 7.99. The lowest BCUT2D eigenvalue weighted by Crippen LogP contribution is -2.25. The molecule has 0 atom stereocenters. The predicted molar refractivity (Wildman–Crippen MR) is 81.5 cm³/mol. The first-order valence-electron chi connectivity index (χ1n) is 6.94. The lowest BCUT2D eigenvalue weighted by molar-refractivity contribution is 0.0944. The Morgan fingerprint density at radius 1 is 1.40 bits per heavy atom. The van der Waals surface area contributed by atoms with Crippen LogP contribution in [0.4, 0.5) is 5.82 Å². The Hall–Kier alpha value is -1.33. The van der Waals surface area contributed by atoms with Crippen LogP contribution in [0.1, 0.15) is 37.0 Å². The summed E-state index contributed by atoms with van der Waals surface area (Å²) in [5.41, 5.74) is 0.441. The molecule has 6 heteroatoms. The van der Waals surface area contributed by atoms with Gasteiger partial charge in [-0.3, -0.25) is 4.79 Å².